The zero-order valence-corrected chi connectivity index (χ0v) is 16.0. The van der Waals surface area contributed by atoms with Crippen LogP contribution in [0.4, 0.5) is 0 Å². The van der Waals surface area contributed by atoms with Crippen molar-refractivity contribution < 1.29 is 13.9 Å². The van der Waals surface area contributed by atoms with Gasteiger partial charge in [-0.1, -0.05) is 18.2 Å². The molecule has 0 atom stereocenters. The largest absolute Gasteiger partial charge is 0.497 e. The first-order valence-corrected chi connectivity index (χ1v) is 9.02. The van der Waals surface area contributed by atoms with Crippen molar-refractivity contribution in [2.24, 2.45) is 0 Å². The molecule has 0 bridgehead atoms. The number of aryl methyl sites for hydroxylation is 2. The van der Waals surface area contributed by atoms with Crippen molar-refractivity contribution in [3.8, 4) is 11.4 Å². The lowest BCUT2D eigenvalue weighted by atomic mass is 10.1. The molecular weight excluding hydrogens is 354 g/mol. The fourth-order valence-corrected chi connectivity index (χ4v) is 3.19. The van der Waals surface area contributed by atoms with Crippen molar-refractivity contribution in [1.82, 2.24) is 15.1 Å². The van der Waals surface area contributed by atoms with E-state index in [9.17, 15) is 4.79 Å². The first-order chi connectivity index (χ1) is 13.6. The number of methoxy groups -OCH3 is 1. The van der Waals surface area contributed by atoms with Crippen molar-refractivity contribution in [1.29, 1.82) is 0 Å². The quantitative estimate of drug-likeness (QED) is 0.568. The van der Waals surface area contributed by atoms with E-state index < -0.39 is 0 Å². The molecule has 142 valence electrons. The highest BCUT2D eigenvalue weighted by Gasteiger charge is 2.18. The van der Waals surface area contributed by atoms with E-state index in [0.29, 0.717) is 12.3 Å². The van der Waals surface area contributed by atoms with Crippen LogP contribution in [0.15, 0.2) is 59.1 Å². The summed E-state index contributed by atoms with van der Waals surface area (Å²) < 4.78 is 12.8. The van der Waals surface area contributed by atoms with Gasteiger partial charge < -0.3 is 14.5 Å². The number of aromatic nitrogens is 2. The molecule has 2 heterocycles. The second kappa shape index (κ2) is 7.23. The number of amides is 1. The third-order valence-electron chi connectivity index (χ3n) is 4.78. The van der Waals surface area contributed by atoms with Gasteiger partial charge in [-0.3, -0.25) is 4.79 Å². The summed E-state index contributed by atoms with van der Waals surface area (Å²) >= 11 is 0. The van der Waals surface area contributed by atoms with Crippen LogP contribution in [0.3, 0.4) is 0 Å². The number of hydrogen-bond acceptors (Lipinski definition) is 4. The number of ether oxygens (including phenoxy) is 1. The van der Waals surface area contributed by atoms with Crippen LogP contribution in [0.1, 0.15) is 27.4 Å². The van der Waals surface area contributed by atoms with Crippen molar-refractivity contribution >= 4 is 16.9 Å². The first-order valence-electron chi connectivity index (χ1n) is 9.02. The summed E-state index contributed by atoms with van der Waals surface area (Å²) in [5.41, 5.74) is 4.29. The topological polar surface area (TPSA) is 69.3 Å². The molecule has 6 heteroatoms. The highest BCUT2D eigenvalue weighted by Crippen LogP contribution is 2.27. The van der Waals surface area contributed by atoms with E-state index in [2.05, 4.69) is 10.4 Å². The van der Waals surface area contributed by atoms with Crippen LogP contribution in [0.5, 0.6) is 5.75 Å². The summed E-state index contributed by atoms with van der Waals surface area (Å²) in [5.74, 6) is 0.894. The summed E-state index contributed by atoms with van der Waals surface area (Å²) in [4.78, 5) is 12.6. The molecule has 0 aliphatic carbocycles. The monoisotopic (exact) mass is 375 g/mol. The smallest absolute Gasteiger partial charge is 0.287 e. The fraction of sp³-hybridized carbons (Fsp3) is 0.182. The van der Waals surface area contributed by atoms with Crippen molar-refractivity contribution in [2.75, 3.05) is 7.11 Å². The van der Waals surface area contributed by atoms with Crippen LogP contribution >= 0.6 is 0 Å². The Balaban J connectivity index is 1.47. The Kier molecular flexibility index (Phi) is 4.61. The third-order valence-corrected chi connectivity index (χ3v) is 4.78. The average Bonchev–Trinajstić information content (AvgIpc) is 3.32. The lowest BCUT2D eigenvalue weighted by Crippen LogP contribution is -2.23. The van der Waals surface area contributed by atoms with E-state index in [0.717, 1.165) is 39.2 Å². The number of carbonyl (C=O) groups is 1. The molecule has 0 fully saturated rings. The molecule has 2 aromatic carbocycles. The lowest BCUT2D eigenvalue weighted by molar-refractivity contribution is 0.0924. The number of nitrogens with one attached hydrogen (secondary N) is 1. The number of para-hydroxylation sites is 1. The van der Waals surface area contributed by atoms with E-state index >= 15 is 0 Å². The predicted molar refractivity (Wildman–Crippen MR) is 107 cm³/mol. The summed E-state index contributed by atoms with van der Waals surface area (Å²) in [7, 11) is 1.63. The molecule has 1 amide bonds. The van der Waals surface area contributed by atoms with Crippen LogP contribution in [0.25, 0.3) is 16.7 Å². The van der Waals surface area contributed by atoms with Gasteiger partial charge in [0, 0.05) is 17.1 Å². The van der Waals surface area contributed by atoms with Crippen molar-refractivity contribution in [3.05, 3.63) is 77.3 Å². The Morgan fingerprint density at radius 2 is 1.93 bits per heavy atom. The zero-order valence-electron chi connectivity index (χ0n) is 16.0. The Morgan fingerprint density at radius 1 is 1.14 bits per heavy atom. The highest BCUT2D eigenvalue weighted by molar-refractivity contribution is 5.99. The molecule has 0 aliphatic heterocycles. The number of carbonyl (C=O) groups excluding carboxylic acids is 1. The number of benzene rings is 2. The van der Waals surface area contributed by atoms with Gasteiger partial charge in [0.25, 0.3) is 5.91 Å². The molecule has 0 spiro atoms. The van der Waals surface area contributed by atoms with Crippen LogP contribution in [0, 0.1) is 13.8 Å². The molecule has 0 unspecified atom stereocenters. The number of fused-ring (bicyclic) bond motifs is 1. The molecule has 4 rings (SSSR count). The van der Waals surface area contributed by atoms with Gasteiger partial charge >= 0.3 is 0 Å². The van der Waals surface area contributed by atoms with Crippen LogP contribution in [0.2, 0.25) is 0 Å². The van der Waals surface area contributed by atoms with Crippen LogP contribution in [-0.2, 0) is 6.54 Å². The first kappa shape index (κ1) is 17.9. The third kappa shape index (κ3) is 3.24. The number of furan rings is 1. The standard InChI is InChI=1S/C22H21N3O3/c1-14-5-4-6-19-15(2)21(28-20(14)19)22(26)23-13-16-11-12-25(24-16)17-7-9-18(27-3)10-8-17/h4-12H,13H2,1-3H3,(H,23,26). The summed E-state index contributed by atoms with van der Waals surface area (Å²) in [6, 6.07) is 15.4. The molecule has 0 saturated carbocycles. The average molecular weight is 375 g/mol. The summed E-state index contributed by atoms with van der Waals surface area (Å²) in [6.45, 7) is 4.19. The van der Waals surface area contributed by atoms with Crippen molar-refractivity contribution in [2.45, 2.75) is 20.4 Å². The molecule has 4 aromatic rings. The predicted octanol–water partition coefficient (Wildman–Crippen LogP) is 4.17. The van der Waals surface area contributed by atoms with Gasteiger partial charge in [-0.2, -0.15) is 5.10 Å². The van der Waals surface area contributed by atoms with Crippen molar-refractivity contribution in [3.63, 3.8) is 0 Å². The molecule has 0 radical (unpaired) electrons. The normalized spacial score (nSPS) is 11.0. The van der Waals surface area contributed by atoms with E-state index in [1.807, 2.05) is 68.6 Å². The second-order valence-corrected chi connectivity index (χ2v) is 6.64. The summed E-state index contributed by atoms with van der Waals surface area (Å²) in [6.07, 6.45) is 1.86. The molecule has 2 aromatic heterocycles. The number of rotatable bonds is 5. The molecule has 1 N–H and O–H groups in total. The maximum atomic E-state index is 12.6. The minimum absolute atomic E-state index is 0.243. The maximum Gasteiger partial charge on any atom is 0.287 e. The van der Waals surface area contributed by atoms with Gasteiger partial charge in [-0.05, 0) is 49.7 Å². The highest BCUT2D eigenvalue weighted by atomic mass is 16.5. The molecule has 0 saturated heterocycles. The Bertz CT molecular complexity index is 1140. The molecule has 6 nitrogen and oxygen atoms in total. The lowest BCUT2D eigenvalue weighted by Gasteiger charge is -2.04. The number of hydrogen-bond donors (Lipinski definition) is 1. The second-order valence-electron chi connectivity index (χ2n) is 6.64. The van der Waals surface area contributed by atoms with Gasteiger partial charge in [0.15, 0.2) is 5.76 Å². The van der Waals surface area contributed by atoms with Gasteiger partial charge in [0.2, 0.25) is 0 Å². The Hall–Kier alpha value is -3.54. The molecule has 28 heavy (non-hydrogen) atoms. The van der Waals surface area contributed by atoms with Gasteiger partial charge in [0.05, 0.1) is 25.0 Å². The van der Waals surface area contributed by atoms with Crippen LogP contribution < -0.4 is 10.1 Å². The molecular formula is C22H21N3O3. The fourth-order valence-electron chi connectivity index (χ4n) is 3.19. The summed E-state index contributed by atoms with van der Waals surface area (Å²) in [5, 5.41) is 8.37. The van der Waals surface area contributed by atoms with Gasteiger partial charge in [-0.25, -0.2) is 4.68 Å². The van der Waals surface area contributed by atoms with Gasteiger partial charge in [0.1, 0.15) is 11.3 Å². The van der Waals surface area contributed by atoms with Crippen LogP contribution in [-0.4, -0.2) is 22.8 Å². The Morgan fingerprint density at radius 3 is 2.64 bits per heavy atom. The van der Waals surface area contributed by atoms with E-state index in [-0.39, 0.29) is 5.91 Å². The van der Waals surface area contributed by atoms with E-state index in [1.54, 1.807) is 11.8 Å². The van der Waals surface area contributed by atoms with E-state index in [1.165, 1.54) is 0 Å². The van der Waals surface area contributed by atoms with Gasteiger partial charge in [-0.15, -0.1) is 0 Å². The minimum atomic E-state index is -0.243. The SMILES string of the molecule is COc1ccc(-n2ccc(CNC(=O)c3oc4c(C)cccc4c3C)n2)cc1. The Labute approximate surface area is 162 Å². The molecule has 0 aliphatic rings. The maximum absolute atomic E-state index is 12.6. The van der Waals surface area contributed by atoms with E-state index in [4.69, 9.17) is 9.15 Å². The number of nitrogens with zero attached hydrogens (tertiary/aromatic N) is 2. The zero-order chi connectivity index (χ0) is 19.7. The minimum Gasteiger partial charge on any atom is -0.497 e.